The van der Waals surface area contributed by atoms with Crippen LogP contribution in [0.1, 0.15) is 30.9 Å². The summed E-state index contributed by atoms with van der Waals surface area (Å²) in [5.74, 6) is 0. The Balaban J connectivity index is 2.21. The van der Waals surface area contributed by atoms with E-state index in [0.29, 0.717) is 0 Å². The zero-order valence-corrected chi connectivity index (χ0v) is 12.9. The summed E-state index contributed by atoms with van der Waals surface area (Å²) in [6, 6.07) is 8.22. The lowest BCUT2D eigenvalue weighted by molar-refractivity contribution is 0.0948. The summed E-state index contributed by atoms with van der Waals surface area (Å²) in [4.78, 5) is 4.68. The predicted octanol–water partition coefficient (Wildman–Crippen LogP) is 5.06. The number of rotatable bonds is 5. The van der Waals surface area contributed by atoms with Gasteiger partial charge in [0.15, 0.2) is 0 Å². The molecule has 96 valence electrons. The molecule has 2 rings (SSSR count). The van der Waals surface area contributed by atoms with Crippen LogP contribution < -0.4 is 0 Å². The van der Waals surface area contributed by atoms with Crippen LogP contribution in [0.4, 0.5) is 0 Å². The van der Waals surface area contributed by atoms with Crippen molar-refractivity contribution in [2.45, 2.75) is 25.9 Å². The number of halogens is 1. The minimum atomic E-state index is 0.129. The highest BCUT2D eigenvalue weighted by molar-refractivity contribution is 9.10. The van der Waals surface area contributed by atoms with E-state index in [4.69, 9.17) is 4.74 Å². The average molecular weight is 326 g/mol. The molecule has 4 heteroatoms. The number of benzene rings is 1. The molecule has 0 aliphatic rings. The van der Waals surface area contributed by atoms with E-state index in [2.05, 4.69) is 45.4 Å². The van der Waals surface area contributed by atoms with Crippen LogP contribution in [0.3, 0.4) is 0 Å². The normalized spacial score (nSPS) is 12.6. The fraction of sp³-hybridized carbons (Fsp3) is 0.357. The second-order valence-electron chi connectivity index (χ2n) is 4.09. The van der Waals surface area contributed by atoms with Crippen LogP contribution >= 0.6 is 27.3 Å². The summed E-state index contributed by atoms with van der Waals surface area (Å²) in [5, 5.41) is 3.16. The molecule has 0 radical (unpaired) electrons. The lowest BCUT2D eigenvalue weighted by Gasteiger charge is -2.10. The van der Waals surface area contributed by atoms with Gasteiger partial charge in [0, 0.05) is 22.5 Å². The Kier molecular flexibility index (Phi) is 4.92. The highest BCUT2D eigenvalue weighted by atomic mass is 79.9. The van der Waals surface area contributed by atoms with Crippen LogP contribution in [-0.4, -0.2) is 12.1 Å². The van der Waals surface area contributed by atoms with Gasteiger partial charge in [-0.25, -0.2) is 4.98 Å². The van der Waals surface area contributed by atoms with Crippen molar-refractivity contribution < 1.29 is 4.74 Å². The van der Waals surface area contributed by atoms with Gasteiger partial charge in [-0.05, 0) is 18.6 Å². The molecule has 0 spiro atoms. The Bertz CT molecular complexity index is 495. The Morgan fingerprint density at radius 3 is 2.67 bits per heavy atom. The molecule has 2 nitrogen and oxygen atoms in total. The SMILES string of the molecule is CCCC(OC)c1nc(-c2ccc(Br)cc2)cs1. The third-order valence-corrected chi connectivity index (χ3v) is 4.24. The molecule has 18 heavy (non-hydrogen) atoms. The second kappa shape index (κ2) is 6.45. The van der Waals surface area contributed by atoms with E-state index in [1.807, 2.05) is 12.1 Å². The quantitative estimate of drug-likeness (QED) is 0.766. The van der Waals surface area contributed by atoms with Crippen LogP contribution in [0.2, 0.25) is 0 Å². The third kappa shape index (κ3) is 3.19. The minimum Gasteiger partial charge on any atom is -0.374 e. The molecule has 0 N–H and O–H groups in total. The van der Waals surface area contributed by atoms with E-state index in [0.717, 1.165) is 33.6 Å². The Labute approximate surface area is 120 Å². The Hall–Kier alpha value is -0.710. The number of hydrogen-bond donors (Lipinski definition) is 0. The van der Waals surface area contributed by atoms with Gasteiger partial charge in [-0.3, -0.25) is 0 Å². The molecule has 1 aromatic carbocycles. The molecular weight excluding hydrogens is 310 g/mol. The number of nitrogens with zero attached hydrogens (tertiary/aromatic N) is 1. The molecule has 1 heterocycles. The van der Waals surface area contributed by atoms with E-state index in [9.17, 15) is 0 Å². The maximum absolute atomic E-state index is 5.49. The molecule has 0 saturated carbocycles. The summed E-state index contributed by atoms with van der Waals surface area (Å²) in [6.07, 6.45) is 2.25. The van der Waals surface area contributed by atoms with E-state index in [-0.39, 0.29) is 6.10 Å². The van der Waals surface area contributed by atoms with Crippen molar-refractivity contribution >= 4 is 27.3 Å². The van der Waals surface area contributed by atoms with Gasteiger partial charge in [0.1, 0.15) is 11.1 Å². The molecule has 1 aromatic heterocycles. The third-order valence-electron chi connectivity index (χ3n) is 2.77. The van der Waals surface area contributed by atoms with Crippen LogP contribution in [0, 0.1) is 0 Å². The number of aromatic nitrogens is 1. The fourth-order valence-corrected chi connectivity index (χ4v) is 3.00. The van der Waals surface area contributed by atoms with Gasteiger partial charge in [-0.1, -0.05) is 41.4 Å². The lowest BCUT2D eigenvalue weighted by atomic mass is 10.2. The van der Waals surface area contributed by atoms with Crippen molar-refractivity contribution in [3.63, 3.8) is 0 Å². The van der Waals surface area contributed by atoms with Crippen molar-refractivity contribution in [1.29, 1.82) is 0 Å². The molecule has 0 saturated heterocycles. The number of thiazole rings is 1. The molecule has 0 aliphatic heterocycles. The van der Waals surface area contributed by atoms with Crippen LogP contribution in [0.15, 0.2) is 34.1 Å². The maximum Gasteiger partial charge on any atom is 0.122 e. The Morgan fingerprint density at radius 1 is 1.33 bits per heavy atom. The van der Waals surface area contributed by atoms with Crippen LogP contribution in [0.5, 0.6) is 0 Å². The highest BCUT2D eigenvalue weighted by Crippen LogP contribution is 2.29. The summed E-state index contributed by atoms with van der Waals surface area (Å²) in [5.41, 5.74) is 2.17. The highest BCUT2D eigenvalue weighted by Gasteiger charge is 2.14. The summed E-state index contributed by atoms with van der Waals surface area (Å²) in [7, 11) is 1.75. The zero-order valence-electron chi connectivity index (χ0n) is 10.5. The van der Waals surface area contributed by atoms with Crippen molar-refractivity contribution in [2.75, 3.05) is 7.11 Å². The largest absolute Gasteiger partial charge is 0.374 e. The smallest absolute Gasteiger partial charge is 0.122 e. The van der Waals surface area contributed by atoms with Crippen molar-refractivity contribution in [1.82, 2.24) is 4.98 Å². The first kappa shape index (κ1) is 13.7. The van der Waals surface area contributed by atoms with Gasteiger partial charge in [-0.2, -0.15) is 0 Å². The molecule has 0 aliphatic carbocycles. The zero-order chi connectivity index (χ0) is 13.0. The topological polar surface area (TPSA) is 22.1 Å². The summed E-state index contributed by atoms with van der Waals surface area (Å²) in [6.45, 7) is 2.16. The van der Waals surface area contributed by atoms with E-state index < -0.39 is 0 Å². The maximum atomic E-state index is 5.49. The summed E-state index contributed by atoms with van der Waals surface area (Å²) >= 11 is 5.11. The van der Waals surface area contributed by atoms with E-state index in [1.54, 1.807) is 18.4 Å². The van der Waals surface area contributed by atoms with Gasteiger partial charge in [0.25, 0.3) is 0 Å². The summed E-state index contributed by atoms with van der Waals surface area (Å²) < 4.78 is 6.57. The first-order chi connectivity index (χ1) is 8.74. The lowest BCUT2D eigenvalue weighted by Crippen LogP contribution is -2.00. The molecular formula is C14H16BrNOS. The molecule has 0 bridgehead atoms. The predicted molar refractivity (Wildman–Crippen MR) is 79.9 cm³/mol. The molecule has 2 aromatic rings. The minimum absolute atomic E-state index is 0.129. The number of hydrogen-bond acceptors (Lipinski definition) is 3. The second-order valence-corrected chi connectivity index (χ2v) is 5.90. The molecule has 1 atom stereocenters. The standard InChI is InChI=1S/C14H16BrNOS/c1-3-4-13(17-2)14-16-12(9-18-14)10-5-7-11(15)8-6-10/h5-9,13H,3-4H2,1-2H3. The number of ether oxygens (including phenoxy) is 1. The van der Waals surface area contributed by atoms with Gasteiger partial charge >= 0.3 is 0 Å². The van der Waals surface area contributed by atoms with Gasteiger partial charge in [0.05, 0.1) is 5.69 Å². The van der Waals surface area contributed by atoms with Crippen LogP contribution in [0.25, 0.3) is 11.3 Å². The molecule has 0 fully saturated rings. The molecule has 0 amide bonds. The first-order valence-corrected chi connectivity index (χ1v) is 7.66. The van der Waals surface area contributed by atoms with Gasteiger partial charge < -0.3 is 4.74 Å². The first-order valence-electron chi connectivity index (χ1n) is 5.98. The van der Waals surface area contributed by atoms with E-state index >= 15 is 0 Å². The molecule has 1 unspecified atom stereocenters. The van der Waals surface area contributed by atoms with Crippen LogP contribution in [-0.2, 0) is 4.74 Å². The van der Waals surface area contributed by atoms with E-state index in [1.165, 1.54) is 0 Å². The Morgan fingerprint density at radius 2 is 2.06 bits per heavy atom. The fourth-order valence-electron chi connectivity index (χ4n) is 1.79. The van der Waals surface area contributed by atoms with Crippen molar-refractivity contribution in [2.24, 2.45) is 0 Å². The van der Waals surface area contributed by atoms with Crippen molar-refractivity contribution in [3.05, 3.63) is 39.1 Å². The van der Waals surface area contributed by atoms with Gasteiger partial charge in [-0.15, -0.1) is 11.3 Å². The van der Waals surface area contributed by atoms with Crippen molar-refractivity contribution in [3.8, 4) is 11.3 Å². The number of methoxy groups -OCH3 is 1. The monoisotopic (exact) mass is 325 g/mol. The average Bonchev–Trinajstić information content (AvgIpc) is 2.86. The van der Waals surface area contributed by atoms with Gasteiger partial charge in [0.2, 0.25) is 0 Å².